The van der Waals surface area contributed by atoms with Crippen LogP contribution < -0.4 is 10.9 Å². The summed E-state index contributed by atoms with van der Waals surface area (Å²) in [5.74, 6) is -1.10. The third-order valence-corrected chi connectivity index (χ3v) is 3.73. The zero-order chi connectivity index (χ0) is 16.1. The molecule has 0 bridgehead atoms. The van der Waals surface area contributed by atoms with Crippen LogP contribution in [0, 0.1) is 11.6 Å². The lowest BCUT2D eigenvalue weighted by Gasteiger charge is -2.12. The molecule has 0 aliphatic rings. The van der Waals surface area contributed by atoms with Gasteiger partial charge in [0.1, 0.15) is 5.82 Å². The smallest absolute Gasteiger partial charge is 0.289 e. The van der Waals surface area contributed by atoms with Gasteiger partial charge in [-0.1, -0.05) is 23.9 Å². The standard InChI is InChI=1S/C14H15F2N3O2S/c1-8(6-20)17-12-11(16)13(21)19-14(18-12)22-7-9-2-4-10(15)5-3-9/h2-5,8,20H,6-7H2,1H3,(H2,17,18,19,21)/t8-/m1/s1. The molecule has 0 spiro atoms. The molecular formula is C14H15F2N3O2S. The van der Waals surface area contributed by atoms with Crippen LogP contribution in [0.3, 0.4) is 0 Å². The van der Waals surface area contributed by atoms with E-state index in [2.05, 4.69) is 15.3 Å². The molecule has 0 fully saturated rings. The van der Waals surface area contributed by atoms with Crippen molar-refractivity contribution in [2.24, 2.45) is 0 Å². The van der Waals surface area contributed by atoms with E-state index in [9.17, 15) is 13.6 Å². The molecule has 2 aromatic rings. The van der Waals surface area contributed by atoms with E-state index in [1.807, 2.05) is 0 Å². The number of rotatable bonds is 6. The highest BCUT2D eigenvalue weighted by Crippen LogP contribution is 2.20. The van der Waals surface area contributed by atoms with E-state index >= 15 is 0 Å². The average Bonchev–Trinajstić information content (AvgIpc) is 2.51. The molecule has 3 N–H and O–H groups in total. The molecule has 0 unspecified atom stereocenters. The lowest BCUT2D eigenvalue weighted by molar-refractivity contribution is 0.281. The quantitative estimate of drug-likeness (QED) is 0.560. The van der Waals surface area contributed by atoms with Gasteiger partial charge >= 0.3 is 0 Å². The summed E-state index contributed by atoms with van der Waals surface area (Å²) in [5.41, 5.74) is -0.0409. The second-order valence-corrected chi connectivity index (χ2v) is 5.64. The number of anilines is 1. The summed E-state index contributed by atoms with van der Waals surface area (Å²) in [4.78, 5) is 17.9. The molecule has 1 aromatic carbocycles. The Morgan fingerprint density at radius 2 is 2.05 bits per heavy atom. The molecule has 8 heteroatoms. The van der Waals surface area contributed by atoms with Gasteiger partial charge < -0.3 is 10.4 Å². The maximum absolute atomic E-state index is 13.7. The summed E-state index contributed by atoms with van der Waals surface area (Å²) in [5, 5.41) is 11.8. The molecule has 1 aromatic heterocycles. The Hall–Kier alpha value is -1.93. The Bertz CT molecular complexity index is 691. The first-order chi connectivity index (χ1) is 10.5. The van der Waals surface area contributed by atoms with Crippen molar-refractivity contribution in [2.75, 3.05) is 11.9 Å². The second-order valence-electron chi connectivity index (χ2n) is 4.68. The molecule has 5 nitrogen and oxygen atoms in total. The third-order valence-electron chi connectivity index (χ3n) is 2.79. The zero-order valence-corrected chi connectivity index (χ0v) is 12.6. The number of aromatic amines is 1. The van der Waals surface area contributed by atoms with Crippen molar-refractivity contribution < 1.29 is 13.9 Å². The van der Waals surface area contributed by atoms with E-state index in [4.69, 9.17) is 5.11 Å². The highest BCUT2D eigenvalue weighted by Gasteiger charge is 2.13. The fourth-order valence-corrected chi connectivity index (χ4v) is 2.43. The van der Waals surface area contributed by atoms with Crippen molar-refractivity contribution in [3.05, 3.63) is 51.8 Å². The maximum atomic E-state index is 13.7. The molecule has 1 heterocycles. The monoisotopic (exact) mass is 327 g/mol. The molecular weight excluding hydrogens is 312 g/mol. The number of aliphatic hydroxyl groups excluding tert-OH is 1. The van der Waals surface area contributed by atoms with E-state index in [1.54, 1.807) is 19.1 Å². The number of H-pyrrole nitrogens is 1. The van der Waals surface area contributed by atoms with E-state index in [-0.39, 0.29) is 23.4 Å². The number of nitrogens with one attached hydrogen (secondary N) is 2. The van der Waals surface area contributed by atoms with Crippen molar-refractivity contribution in [1.29, 1.82) is 0 Å². The Kier molecular flexibility index (Phi) is 5.51. The predicted molar refractivity (Wildman–Crippen MR) is 80.9 cm³/mol. The van der Waals surface area contributed by atoms with Crippen LogP contribution in [-0.4, -0.2) is 27.7 Å². The van der Waals surface area contributed by atoms with Crippen molar-refractivity contribution in [2.45, 2.75) is 23.9 Å². The van der Waals surface area contributed by atoms with Crippen LogP contribution in [0.2, 0.25) is 0 Å². The van der Waals surface area contributed by atoms with Crippen LogP contribution in [0.4, 0.5) is 14.6 Å². The molecule has 0 saturated carbocycles. The van der Waals surface area contributed by atoms with Crippen LogP contribution >= 0.6 is 11.8 Å². The molecule has 2 rings (SSSR count). The molecule has 0 aliphatic carbocycles. The van der Waals surface area contributed by atoms with Gasteiger partial charge in [0.2, 0.25) is 5.82 Å². The summed E-state index contributed by atoms with van der Waals surface area (Å²) < 4.78 is 26.5. The summed E-state index contributed by atoms with van der Waals surface area (Å²) in [7, 11) is 0. The summed E-state index contributed by atoms with van der Waals surface area (Å²) >= 11 is 1.19. The van der Waals surface area contributed by atoms with Crippen molar-refractivity contribution in [3.8, 4) is 0 Å². The number of aliphatic hydroxyl groups is 1. The number of benzene rings is 1. The van der Waals surface area contributed by atoms with E-state index in [0.717, 1.165) is 5.56 Å². The number of nitrogens with zero attached hydrogens (tertiary/aromatic N) is 1. The number of aromatic nitrogens is 2. The van der Waals surface area contributed by atoms with Gasteiger partial charge in [0.05, 0.1) is 6.61 Å². The Labute approximate surface area is 129 Å². The second kappa shape index (κ2) is 7.37. The lowest BCUT2D eigenvalue weighted by Crippen LogP contribution is -2.24. The molecule has 22 heavy (non-hydrogen) atoms. The minimum atomic E-state index is -1.02. The minimum Gasteiger partial charge on any atom is -0.394 e. The number of thioether (sulfide) groups is 1. The first kappa shape index (κ1) is 16.4. The van der Waals surface area contributed by atoms with E-state index in [1.165, 1.54) is 23.9 Å². The van der Waals surface area contributed by atoms with Crippen LogP contribution in [0.25, 0.3) is 0 Å². The fraction of sp³-hybridized carbons (Fsp3) is 0.286. The third kappa shape index (κ3) is 4.28. The molecule has 118 valence electrons. The lowest BCUT2D eigenvalue weighted by atomic mass is 10.2. The summed E-state index contributed by atoms with van der Waals surface area (Å²) in [6, 6.07) is 5.49. The van der Waals surface area contributed by atoms with E-state index < -0.39 is 17.4 Å². The van der Waals surface area contributed by atoms with Crippen molar-refractivity contribution in [3.63, 3.8) is 0 Å². The number of hydrogen-bond donors (Lipinski definition) is 3. The van der Waals surface area contributed by atoms with Gasteiger partial charge in [-0.2, -0.15) is 4.39 Å². The van der Waals surface area contributed by atoms with Gasteiger partial charge in [0.15, 0.2) is 11.0 Å². The van der Waals surface area contributed by atoms with Crippen molar-refractivity contribution >= 4 is 17.6 Å². The fourth-order valence-electron chi connectivity index (χ4n) is 1.61. The van der Waals surface area contributed by atoms with Crippen LogP contribution in [0.5, 0.6) is 0 Å². The molecule has 0 aliphatic heterocycles. The Morgan fingerprint density at radius 1 is 1.36 bits per heavy atom. The molecule has 0 radical (unpaired) electrons. The van der Waals surface area contributed by atoms with Gasteiger partial charge in [-0.15, -0.1) is 0 Å². The maximum Gasteiger partial charge on any atom is 0.289 e. The van der Waals surface area contributed by atoms with Crippen LogP contribution in [0.1, 0.15) is 12.5 Å². The molecule has 1 atom stereocenters. The SMILES string of the molecule is C[C@H](CO)Nc1nc(SCc2ccc(F)cc2)[nH]c(=O)c1F. The molecule has 0 saturated heterocycles. The predicted octanol–water partition coefficient (Wildman–Crippen LogP) is 2.13. The first-order valence-electron chi connectivity index (χ1n) is 6.54. The minimum absolute atomic E-state index is 0.202. The highest BCUT2D eigenvalue weighted by molar-refractivity contribution is 7.98. The normalized spacial score (nSPS) is 12.2. The number of halogens is 2. The van der Waals surface area contributed by atoms with E-state index in [0.29, 0.717) is 5.75 Å². The van der Waals surface area contributed by atoms with Gasteiger partial charge in [-0.05, 0) is 24.6 Å². The Morgan fingerprint density at radius 3 is 2.68 bits per heavy atom. The molecule has 0 amide bonds. The van der Waals surface area contributed by atoms with Gasteiger partial charge in [0.25, 0.3) is 5.56 Å². The topological polar surface area (TPSA) is 78.0 Å². The number of hydrogen-bond acceptors (Lipinski definition) is 5. The zero-order valence-electron chi connectivity index (χ0n) is 11.8. The van der Waals surface area contributed by atoms with Gasteiger partial charge in [-0.25, -0.2) is 9.37 Å². The van der Waals surface area contributed by atoms with Gasteiger partial charge in [0, 0.05) is 11.8 Å². The van der Waals surface area contributed by atoms with Crippen LogP contribution in [0.15, 0.2) is 34.2 Å². The highest BCUT2D eigenvalue weighted by atomic mass is 32.2. The van der Waals surface area contributed by atoms with Gasteiger partial charge in [-0.3, -0.25) is 9.78 Å². The summed E-state index contributed by atoms with van der Waals surface area (Å²) in [6.07, 6.45) is 0. The van der Waals surface area contributed by atoms with Crippen molar-refractivity contribution in [1.82, 2.24) is 9.97 Å². The largest absolute Gasteiger partial charge is 0.394 e. The average molecular weight is 327 g/mol. The Balaban J connectivity index is 2.13. The summed E-state index contributed by atoms with van der Waals surface area (Å²) in [6.45, 7) is 1.42. The first-order valence-corrected chi connectivity index (χ1v) is 7.52. The van der Waals surface area contributed by atoms with Crippen LogP contribution in [-0.2, 0) is 5.75 Å².